The van der Waals surface area contributed by atoms with Crippen molar-refractivity contribution in [3.05, 3.63) is 0 Å². The average Bonchev–Trinajstić information content (AvgIpc) is 2.22. The molecule has 0 aliphatic heterocycles. The largest absolute Gasteiger partial charge is 0.384 e. The number of hydrogen-bond acceptors (Lipinski definition) is 4. The Morgan fingerprint density at radius 2 is 2.13 bits per heavy atom. The minimum atomic E-state index is -3.28. The van der Waals surface area contributed by atoms with Crippen LogP contribution in [0.5, 0.6) is 0 Å². The van der Waals surface area contributed by atoms with Crippen LogP contribution in [-0.2, 0) is 14.8 Å². The number of hydrogen-bond donors (Lipinski definition) is 0. The highest BCUT2D eigenvalue weighted by molar-refractivity contribution is 7.89. The van der Waals surface area contributed by atoms with Gasteiger partial charge < -0.3 is 4.74 Å². The Morgan fingerprint density at radius 3 is 2.53 bits per heavy atom. The summed E-state index contributed by atoms with van der Waals surface area (Å²) in [5, 5.41) is 8.62. The molecule has 0 N–H and O–H groups in total. The fraction of sp³-hybridized carbons (Fsp3) is 0.889. The van der Waals surface area contributed by atoms with Gasteiger partial charge in [0.2, 0.25) is 10.0 Å². The number of nitriles is 1. The Bertz CT molecular complexity index is 308. The molecule has 0 fully saturated rings. The normalized spacial score (nSPS) is 13.8. The third-order valence-electron chi connectivity index (χ3n) is 1.99. The van der Waals surface area contributed by atoms with Gasteiger partial charge in [-0.2, -0.15) is 5.26 Å². The topological polar surface area (TPSA) is 70.4 Å². The van der Waals surface area contributed by atoms with Crippen LogP contribution in [0.3, 0.4) is 0 Å². The second kappa shape index (κ2) is 6.77. The van der Waals surface area contributed by atoms with Crippen LogP contribution < -0.4 is 0 Å². The first-order valence-electron chi connectivity index (χ1n) is 4.84. The van der Waals surface area contributed by atoms with Crippen molar-refractivity contribution < 1.29 is 13.2 Å². The molecule has 0 aliphatic rings. The molecule has 6 heteroatoms. The Labute approximate surface area is 91.7 Å². The van der Waals surface area contributed by atoms with Crippen molar-refractivity contribution in [2.45, 2.75) is 13.8 Å². The third-order valence-corrected chi connectivity index (χ3v) is 3.87. The lowest BCUT2D eigenvalue weighted by molar-refractivity contribution is 0.215. The molecule has 1 atom stereocenters. The van der Waals surface area contributed by atoms with Gasteiger partial charge in [0.25, 0.3) is 0 Å². The molecule has 88 valence electrons. The van der Waals surface area contributed by atoms with E-state index in [2.05, 4.69) is 0 Å². The smallest absolute Gasteiger partial charge is 0.216 e. The van der Waals surface area contributed by atoms with Crippen LogP contribution in [0.25, 0.3) is 0 Å². The van der Waals surface area contributed by atoms with E-state index in [-0.39, 0.29) is 24.8 Å². The van der Waals surface area contributed by atoms with Crippen molar-refractivity contribution in [3.63, 3.8) is 0 Å². The van der Waals surface area contributed by atoms with Gasteiger partial charge in [-0.15, -0.1) is 0 Å². The van der Waals surface area contributed by atoms with Crippen LogP contribution in [0.2, 0.25) is 0 Å². The van der Waals surface area contributed by atoms with E-state index in [0.29, 0.717) is 6.54 Å². The van der Waals surface area contributed by atoms with Crippen molar-refractivity contribution in [3.8, 4) is 6.07 Å². The van der Waals surface area contributed by atoms with Crippen molar-refractivity contribution in [2.24, 2.45) is 5.92 Å². The van der Waals surface area contributed by atoms with Gasteiger partial charge in [-0.1, -0.05) is 6.92 Å². The number of ether oxygens (including phenoxy) is 1. The minimum absolute atomic E-state index is 0.0323. The monoisotopic (exact) mass is 234 g/mol. The van der Waals surface area contributed by atoms with E-state index in [9.17, 15) is 8.42 Å². The molecule has 5 nitrogen and oxygen atoms in total. The van der Waals surface area contributed by atoms with Gasteiger partial charge in [0.05, 0.1) is 24.3 Å². The molecule has 1 unspecified atom stereocenters. The van der Waals surface area contributed by atoms with Crippen LogP contribution in [0.15, 0.2) is 0 Å². The van der Waals surface area contributed by atoms with Crippen LogP contribution in [0.1, 0.15) is 13.8 Å². The van der Waals surface area contributed by atoms with Crippen molar-refractivity contribution in [2.75, 3.05) is 32.6 Å². The molecular weight excluding hydrogens is 216 g/mol. The van der Waals surface area contributed by atoms with Crippen LogP contribution in [-0.4, -0.2) is 45.3 Å². The van der Waals surface area contributed by atoms with E-state index in [1.165, 1.54) is 11.4 Å². The lowest BCUT2D eigenvalue weighted by Gasteiger charge is -2.21. The Balaban J connectivity index is 4.46. The summed E-state index contributed by atoms with van der Waals surface area (Å²) in [6.07, 6.45) is 0. The summed E-state index contributed by atoms with van der Waals surface area (Å²) in [5.74, 6) is -0.322. The molecule has 0 aromatic heterocycles. The second-order valence-corrected chi connectivity index (χ2v) is 5.38. The van der Waals surface area contributed by atoms with Gasteiger partial charge in [0, 0.05) is 20.2 Å². The fourth-order valence-corrected chi connectivity index (χ4v) is 2.58. The summed E-state index contributed by atoms with van der Waals surface area (Å²) in [4.78, 5) is 0. The molecule has 0 saturated heterocycles. The van der Waals surface area contributed by atoms with Crippen LogP contribution in [0.4, 0.5) is 0 Å². The minimum Gasteiger partial charge on any atom is -0.384 e. The lowest BCUT2D eigenvalue weighted by Crippen LogP contribution is -2.37. The van der Waals surface area contributed by atoms with E-state index in [1.807, 2.05) is 6.07 Å². The van der Waals surface area contributed by atoms with Gasteiger partial charge >= 0.3 is 0 Å². The highest BCUT2D eigenvalue weighted by Gasteiger charge is 2.21. The maximum absolute atomic E-state index is 11.7. The maximum Gasteiger partial charge on any atom is 0.216 e. The quantitative estimate of drug-likeness (QED) is 0.641. The molecule has 0 bridgehead atoms. The molecule has 0 aromatic rings. The van der Waals surface area contributed by atoms with E-state index < -0.39 is 10.0 Å². The van der Waals surface area contributed by atoms with Crippen molar-refractivity contribution >= 4 is 10.0 Å². The van der Waals surface area contributed by atoms with Crippen LogP contribution >= 0.6 is 0 Å². The summed E-state index contributed by atoms with van der Waals surface area (Å²) in [6, 6.07) is 2.02. The van der Waals surface area contributed by atoms with Gasteiger partial charge in [-0.25, -0.2) is 12.7 Å². The van der Waals surface area contributed by atoms with E-state index in [1.54, 1.807) is 13.8 Å². The predicted molar refractivity (Wildman–Crippen MR) is 57.7 cm³/mol. The summed E-state index contributed by atoms with van der Waals surface area (Å²) in [5.41, 5.74) is 0. The number of methoxy groups -OCH3 is 1. The zero-order valence-corrected chi connectivity index (χ0v) is 10.2. The van der Waals surface area contributed by atoms with Gasteiger partial charge in [-0.3, -0.25) is 0 Å². The molecule has 0 aromatic carbocycles. The standard InChI is InChI=1S/C9H18N2O3S/c1-4-11(8-9(2)7-10)15(12,13)6-5-14-3/h9H,4-6,8H2,1-3H3. The number of nitrogens with zero attached hydrogens (tertiary/aromatic N) is 2. The molecule has 0 aliphatic carbocycles. The van der Waals surface area contributed by atoms with E-state index >= 15 is 0 Å². The number of sulfonamides is 1. The van der Waals surface area contributed by atoms with Gasteiger partial charge in [-0.05, 0) is 6.92 Å². The van der Waals surface area contributed by atoms with E-state index in [0.717, 1.165) is 0 Å². The molecule has 0 spiro atoms. The Morgan fingerprint density at radius 1 is 1.53 bits per heavy atom. The predicted octanol–water partition coefficient (Wildman–Crippen LogP) is 0.444. The van der Waals surface area contributed by atoms with Crippen molar-refractivity contribution in [1.29, 1.82) is 5.26 Å². The summed E-state index contributed by atoms with van der Waals surface area (Å²) < 4.78 is 29.5. The first-order valence-corrected chi connectivity index (χ1v) is 6.45. The molecule has 0 radical (unpaired) electrons. The first-order chi connectivity index (χ1) is 6.97. The molecular formula is C9H18N2O3S. The van der Waals surface area contributed by atoms with Gasteiger partial charge in [0.1, 0.15) is 0 Å². The maximum atomic E-state index is 11.7. The Kier molecular flexibility index (Phi) is 6.48. The van der Waals surface area contributed by atoms with Crippen LogP contribution in [0, 0.1) is 17.2 Å². The molecule has 0 rings (SSSR count). The molecule has 15 heavy (non-hydrogen) atoms. The molecule has 0 heterocycles. The SMILES string of the molecule is CCN(CC(C)C#N)S(=O)(=O)CCOC. The highest BCUT2D eigenvalue weighted by Crippen LogP contribution is 2.05. The third kappa shape index (κ3) is 5.11. The summed E-state index contributed by atoms with van der Waals surface area (Å²) in [6.45, 7) is 4.28. The lowest BCUT2D eigenvalue weighted by atomic mass is 10.2. The second-order valence-electron chi connectivity index (χ2n) is 3.29. The Hall–Kier alpha value is -0.640. The zero-order chi connectivity index (χ0) is 11.9. The van der Waals surface area contributed by atoms with E-state index in [4.69, 9.17) is 10.00 Å². The average molecular weight is 234 g/mol. The molecule has 0 saturated carbocycles. The first kappa shape index (κ1) is 14.4. The highest BCUT2D eigenvalue weighted by atomic mass is 32.2. The molecule has 0 amide bonds. The number of rotatable bonds is 7. The zero-order valence-electron chi connectivity index (χ0n) is 9.43. The summed E-state index contributed by atoms with van der Waals surface area (Å²) in [7, 11) is -1.82. The summed E-state index contributed by atoms with van der Waals surface area (Å²) >= 11 is 0. The van der Waals surface area contributed by atoms with Gasteiger partial charge in [0.15, 0.2) is 0 Å². The van der Waals surface area contributed by atoms with Crippen molar-refractivity contribution in [1.82, 2.24) is 4.31 Å². The fourth-order valence-electron chi connectivity index (χ4n) is 1.10.